The van der Waals surface area contributed by atoms with Gasteiger partial charge >= 0.3 is 0 Å². The quantitative estimate of drug-likeness (QED) is 0.722. The van der Waals surface area contributed by atoms with Crippen LogP contribution in [-0.4, -0.2) is 6.54 Å². The zero-order valence-corrected chi connectivity index (χ0v) is 12.1. The second-order valence-corrected chi connectivity index (χ2v) is 5.78. The molecule has 104 valence electrons. The van der Waals surface area contributed by atoms with E-state index in [0.717, 1.165) is 18.7 Å². The predicted molar refractivity (Wildman–Crippen MR) is 77.5 cm³/mol. The topological polar surface area (TPSA) is 35.8 Å². The van der Waals surface area contributed by atoms with Crippen LogP contribution < -0.4 is 5.32 Å². The molecule has 0 saturated carbocycles. The number of nitrogens with zero attached hydrogens (tertiary/aromatic N) is 1. The van der Waals surface area contributed by atoms with Gasteiger partial charge in [0.15, 0.2) is 0 Å². The number of hydrogen-bond acceptors (Lipinski definition) is 2. The molecule has 0 aliphatic rings. The molecule has 0 fully saturated rings. The van der Waals surface area contributed by atoms with Crippen molar-refractivity contribution in [2.75, 3.05) is 11.9 Å². The summed E-state index contributed by atoms with van der Waals surface area (Å²) in [4.78, 5) is 0. The molecule has 0 saturated heterocycles. The number of nitrogens with one attached hydrogen (secondary N) is 1. The van der Waals surface area contributed by atoms with Gasteiger partial charge in [-0.1, -0.05) is 40.0 Å². The molecule has 1 aromatic rings. The Kier molecular flexibility index (Phi) is 5.82. The number of nitriles is 1. The van der Waals surface area contributed by atoms with Gasteiger partial charge in [-0.2, -0.15) is 5.26 Å². The summed E-state index contributed by atoms with van der Waals surface area (Å²) in [6, 6.07) is 6.49. The molecular formula is C16H23FN2. The lowest BCUT2D eigenvalue weighted by Gasteiger charge is -2.25. The Morgan fingerprint density at radius 1 is 1.32 bits per heavy atom. The number of hydrogen-bond donors (Lipinski definition) is 1. The summed E-state index contributed by atoms with van der Waals surface area (Å²) in [7, 11) is 0. The van der Waals surface area contributed by atoms with E-state index in [9.17, 15) is 4.39 Å². The van der Waals surface area contributed by atoms with Crippen molar-refractivity contribution in [1.29, 1.82) is 5.26 Å². The fourth-order valence-corrected chi connectivity index (χ4v) is 2.00. The second kappa shape index (κ2) is 7.13. The second-order valence-electron chi connectivity index (χ2n) is 5.78. The Balaban J connectivity index is 2.52. The largest absolute Gasteiger partial charge is 0.384 e. The molecule has 0 aliphatic carbocycles. The number of rotatable bonds is 7. The normalized spacial score (nSPS) is 11.1. The summed E-state index contributed by atoms with van der Waals surface area (Å²) in [5.41, 5.74) is 1.02. The Hall–Kier alpha value is -1.56. The highest BCUT2D eigenvalue weighted by molar-refractivity contribution is 5.48. The maximum Gasteiger partial charge on any atom is 0.143 e. The van der Waals surface area contributed by atoms with Gasteiger partial charge in [-0.25, -0.2) is 4.39 Å². The minimum absolute atomic E-state index is 0.0905. The van der Waals surface area contributed by atoms with Gasteiger partial charge in [0.2, 0.25) is 0 Å². The van der Waals surface area contributed by atoms with Crippen molar-refractivity contribution in [2.24, 2.45) is 5.41 Å². The molecule has 1 N–H and O–H groups in total. The summed E-state index contributed by atoms with van der Waals surface area (Å²) in [6.45, 7) is 7.44. The van der Waals surface area contributed by atoms with Crippen molar-refractivity contribution < 1.29 is 4.39 Å². The van der Waals surface area contributed by atoms with Gasteiger partial charge in [0.05, 0.1) is 5.56 Å². The molecule has 0 atom stereocenters. The van der Waals surface area contributed by atoms with E-state index < -0.39 is 5.82 Å². The van der Waals surface area contributed by atoms with Gasteiger partial charge in [0.1, 0.15) is 11.9 Å². The summed E-state index contributed by atoms with van der Waals surface area (Å²) in [5.74, 6) is -0.462. The monoisotopic (exact) mass is 262 g/mol. The first-order chi connectivity index (χ1) is 8.98. The number of unbranched alkanes of at least 4 members (excludes halogenated alkanes) is 2. The minimum Gasteiger partial charge on any atom is -0.384 e. The highest BCUT2D eigenvalue weighted by atomic mass is 19.1. The Bertz CT molecular complexity index is 447. The average Bonchev–Trinajstić information content (AvgIpc) is 2.37. The van der Waals surface area contributed by atoms with Crippen LogP contribution in [0.15, 0.2) is 18.2 Å². The molecule has 0 spiro atoms. The predicted octanol–water partition coefficient (Wildman–Crippen LogP) is 4.72. The van der Waals surface area contributed by atoms with Gasteiger partial charge in [0, 0.05) is 12.2 Å². The highest BCUT2D eigenvalue weighted by Crippen LogP contribution is 2.25. The standard InChI is InChI=1S/C16H23FN2/c1-4-5-6-9-16(2,3)12-19-14-8-7-13(11-18)15(17)10-14/h7-8,10,19H,4-6,9,12H2,1-3H3. The van der Waals surface area contributed by atoms with Crippen LogP contribution in [0.25, 0.3) is 0 Å². The maximum absolute atomic E-state index is 13.5. The first-order valence-electron chi connectivity index (χ1n) is 6.92. The van der Waals surface area contributed by atoms with Crippen LogP contribution in [0.2, 0.25) is 0 Å². The molecular weight excluding hydrogens is 239 g/mol. The summed E-state index contributed by atoms with van der Waals surface area (Å²) >= 11 is 0. The molecule has 1 aromatic carbocycles. The van der Waals surface area contributed by atoms with Crippen LogP contribution in [0.4, 0.5) is 10.1 Å². The van der Waals surface area contributed by atoms with Gasteiger partial charge in [-0.05, 0) is 30.0 Å². The molecule has 0 heterocycles. The lowest BCUT2D eigenvalue weighted by atomic mass is 9.87. The van der Waals surface area contributed by atoms with E-state index in [1.165, 1.54) is 31.4 Å². The molecule has 1 rings (SSSR count). The Morgan fingerprint density at radius 3 is 2.63 bits per heavy atom. The van der Waals surface area contributed by atoms with Crippen LogP contribution in [0.3, 0.4) is 0 Å². The molecule has 0 unspecified atom stereocenters. The highest BCUT2D eigenvalue weighted by Gasteiger charge is 2.17. The molecule has 19 heavy (non-hydrogen) atoms. The van der Waals surface area contributed by atoms with E-state index >= 15 is 0 Å². The first-order valence-corrected chi connectivity index (χ1v) is 6.92. The van der Waals surface area contributed by atoms with E-state index in [2.05, 4.69) is 26.1 Å². The molecule has 0 amide bonds. The van der Waals surface area contributed by atoms with Crippen molar-refractivity contribution in [2.45, 2.75) is 46.5 Å². The van der Waals surface area contributed by atoms with E-state index in [4.69, 9.17) is 5.26 Å². The molecule has 0 radical (unpaired) electrons. The van der Waals surface area contributed by atoms with Crippen molar-refractivity contribution in [3.8, 4) is 6.07 Å². The van der Waals surface area contributed by atoms with Crippen LogP contribution in [0, 0.1) is 22.6 Å². The van der Waals surface area contributed by atoms with E-state index in [0.29, 0.717) is 0 Å². The molecule has 3 heteroatoms. The average molecular weight is 262 g/mol. The molecule has 0 aromatic heterocycles. The van der Waals surface area contributed by atoms with E-state index in [1.807, 2.05) is 6.07 Å². The van der Waals surface area contributed by atoms with Gasteiger partial charge in [-0.3, -0.25) is 0 Å². The van der Waals surface area contributed by atoms with Crippen molar-refractivity contribution >= 4 is 5.69 Å². The van der Waals surface area contributed by atoms with Crippen LogP contribution in [-0.2, 0) is 0 Å². The number of anilines is 1. The smallest absolute Gasteiger partial charge is 0.143 e. The minimum atomic E-state index is -0.462. The third kappa shape index (κ3) is 5.30. The van der Waals surface area contributed by atoms with E-state index in [1.54, 1.807) is 6.07 Å². The molecule has 0 aliphatic heterocycles. The third-order valence-corrected chi connectivity index (χ3v) is 3.32. The lowest BCUT2D eigenvalue weighted by Crippen LogP contribution is -2.23. The SMILES string of the molecule is CCCCCC(C)(C)CNc1ccc(C#N)c(F)c1. The number of benzene rings is 1. The van der Waals surface area contributed by atoms with Crippen LogP contribution in [0.1, 0.15) is 52.0 Å². The van der Waals surface area contributed by atoms with Crippen LogP contribution in [0.5, 0.6) is 0 Å². The van der Waals surface area contributed by atoms with Crippen molar-refractivity contribution in [3.05, 3.63) is 29.6 Å². The summed E-state index contributed by atoms with van der Waals surface area (Å²) < 4.78 is 13.5. The molecule has 0 bridgehead atoms. The summed E-state index contributed by atoms with van der Waals surface area (Å²) in [6.07, 6.45) is 4.87. The number of halogens is 1. The fraction of sp³-hybridized carbons (Fsp3) is 0.562. The van der Waals surface area contributed by atoms with Gasteiger partial charge in [0.25, 0.3) is 0 Å². The van der Waals surface area contributed by atoms with Crippen molar-refractivity contribution in [1.82, 2.24) is 0 Å². The lowest BCUT2D eigenvalue weighted by molar-refractivity contribution is 0.342. The van der Waals surface area contributed by atoms with Gasteiger partial charge < -0.3 is 5.32 Å². The van der Waals surface area contributed by atoms with E-state index in [-0.39, 0.29) is 11.0 Å². The first kappa shape index (κ1) is 15.5. The Morgan fingerprint density at radius 2 is 2.05 bits per heavy atom. The summed E-state index contributed by atoms with van der Waals surface area (Å²) in [5, 5.41) is 11.9. The van der Waals surface area contributed by atoms with Crippen molar-refractivity contribution in [3.63, 3.8) is 0 Å². The maximum atomic E-state index is 13.5. The Labute approximate surface area is 115 Å². The molecule has 2 nitrogen and oxygen atoms in total. The third-order valence-electron chi connectivity index (χ3n) is 3.32. The zero-order valence-electron chi connectivity index (χ0n) is 12.1. The van der Waals surface area contributed by atoms with Crippen LogP contribution >= 0.6 is 0 Å². The zero-order chi connectivity index (χ0) is 14.3. The fourth-order valence-electron chi connectivity index (χ4n) is 2.00. The van der Waals surface area contributed by atoms with Gasteiger partial charge in [-0.15, -0.1) is 0 Å².